The fraction of sp³-hybridized carbons (Fsp3) is 0.320. The highest BCUT2D eigenvalue weighted by Crippen LogP contribution is 2.49. The zero-order valence-corrected chi connectivity index (χ0v) is 18.1. The van der Waals surface area contributed by atoms with Crippen LogP contribution >= 0.6 is 23.2 Å². The van der Waals surface area contributed by atoms with Crippen LogP contribution in [-0.4, -0.2) is 11.1 Å². The molecule has 1 heterocycles. The van der Waals surface area contributed by atoms with Gasteiger partial charge in [0, 0.05) is 33.6 Å². The van der Waals surface area contributed by atoms with Crippen molar-refractivity contribution in [2.45, 2.75) is 50.4 Å². The van der Waals surface area contributed by atoms with Crippen molar-refractivity contribution >= 4 is 23.2 Å². The predicted molar refractivity (Wildman–Crippen MR) is 120 cm³/mol. The number of aromatic nitrogens is 1. The number of pyridine rings is 1. The molecule has 2 fully saturated rings. The number of hydrogen-bond acceptors (Lipinski definition) is 3. The third kappa shape index (κ3) is 3.94. The van der Waals surface area contributed by atoms with Crippen LogP contribution in [0.1, 0.15) is 43.2 Å². The second-order valence-electron chi connectivity index (χ2n) is 8.11. The molecule has 0 bridgehead atoms. The Balaban J connectivity index is 1.48. The van der Waals surface area contributed by atoms with E-state index in [-0.39, 0.29) is 5.60 Å². The van der Waals surface area contributed by atoms with Crippen molar-refractivity contribution < 1.29 is 9.47 Å². The second kappa shape index (κ2) is 8.22. The maximum atomic E-state index is 6.55. The second-order valence-corrected chi connectivity index (χ2v) is 8.95. The normalized spacial score (nSPS) is 17.4. The van der Waals surface area contributed by atoms with E-state index in [0.29, 0.717) is 22.8 Å². The van der Waals surface area contributed by atoms with Crippen molar-refractivity contribution in [3.05, 3.63) is 82.1 Å². The van der Waals surface area contributed by atoms with E-state index < -0.39 is 0 Å². The van der Waals surface area contributed by atoms with Gasteiger partial charge in [0.1, 0.15) is 5.75 Å². The van der Waals surface area contributed by atoms with Crippen LogP contribution in [0.3, 0.4) is 0 Å². The lowest BCUT2D eigenvalue weighted by molar-refractivity contribution is -0.116. The third-order valence-corrected chi connectivity index (χ3v) is 6.58. The Labute approximate surface area is 187 Å². The van der Waals surface area contributed by atoms with Gasteiger partial charge in [-0.05, 0) is 73.6 Å². The Morgan fingerprint density at radius 3 is 2.60 bits per heavy atom. The van der Waals surface area contributed by atoms with Crippen LogP contribution in [0, 0.1) is 0 Å². The summed E-state index contributed by atoms with van der Waals surface area (Å²) in [6.07, 6.45) is 9.42. The maximum absolute atomic E-state index is 6.55. The van der Waals surface area contributed by atoms with Gasteiger partial charge >= 0.3 is 0 Å². The highest BCUT2D eigenvalue weighted by Gasteiger charge is 2.42. The van der Waals surface area contributed by atoms with E-state index in [1.807, 2.05) is 30.6 Å². The Morgan fingerprint density at radius 1 is 1.00 bits per heavy atom. The summed E-state index contributed by atoms with van der Waals surface area (Å²) in [6.45, 7) is 0.411. The molecule has 5 heteroatoms. The molecular weight excluding hydrogens is 417 g/mol. The molecule has 154 valence electrons. The van der Waals surface area contributed by atoms with Crippen LogP contribution in [0.15, 0.2) is 60.9 Å². The van der Waals surface area contributed by atoms with Gasteiger partial charge in [0.25, 0.3) is 0 Å². The fourth-order valence-corrected chi connectivity index (χ4v) is 4.38. The first-order valence-corrected chi connectivity index (χ1v) is 11.2. The van der Waals surface area contributed by atoms with Gasteiger partial charge in [-0.1, -0.05) is 41.4 Å². The molecule has 2 aliphatic carbocycles. The number of nitrogens with zero attached hydrogens (tertiary/aromatic N) is 1. The Morgan fingerprint density at radius 2 is 1.83 bits per heavy atom. The van der Waals surface area contributed by atoms with Gasteiger partial charge in [0.2, 0.25) is 0 Å². The summed E-state index contributed by atoms with van der Waals surface area (Å²) in [5.74, 6) is 0.930. The van der Waals surface area contributed by atoms with E-state index in [2.05, 4.69) is 29.2 Å². The first-order valence-electron chi connectivity index (χ1n) is 10.4. The molecule has 0 N–H and O–H groups in total. The van der Waals surface area contributed by atoms with Gasteiger partial charge < -0.3 is 9.47 Å². The van der Waals surface area contributed by atoms with Crippen molar-refractivity contribution in [2.24, 2.45) is 0 Å². The van der Waals surface area contributed by atoms with Crippen molar-refractivity contribution in [1.29, 1.82) is 0 Å². The third-order valence-electron chi connectivity index (χ3n) is 5.98. The Hall–Kier alpha value is -2.07. The molecule has 2 saturated carbocycles. The van der Waals surface area contributed by atoms with E-state index in [1.54, 1.807) is 6.07 Å². The summed E-state index contributed by atoms with van der Waals surface area (Å²) >= 11 is 12.5. The van der Waals surface area contributed by atoms with Gasteiger partial charge in [-0.2, -0.15) is 0 Å². The molecule has 2 aromatic carbocycles. The van der Waals surface area contributed by atoms with Gasteiger partial charge in [-0.3, -0.25) is 4.98 Å². The topological polar surface area (TPSA) is 31.4 Å². The number of halogens is 2. The van der Waals surface area contributed by atoms with E-state index in [0.717, 1.165) is 60.1 Å². The SMILES string of the molecule is Clc1ccc(Cl)c(COC2(c3cnccc3-c3ccccc3OC3CC3)CCC2)c1. The minimum atomic E-state index is -0.373. The molecule has 0 spiro atoms. The van der Waals surface area contributed by atoms with Crippen LogP contribution in [-0.2, 0) is 16.9 Å². The lowest BCUT2D eigenvalue weighted by Crippen LogP contribution is -2.37. The molecule has 5 rings (SSSR count). The molecular formula is C25H23Cl2NO2. The molecule has 0 amide bonds. The molecule has 1 aromatic heterocycles. The van der Waals surface area contributed by atoms with Crippen LogP contribution in [0.2, 0.25) is 10.0 Å². The quantitative estimate of drug-likeness (QED) is 0.390. The summed E-state index contributed by atoms with van der Waals surface area (Å²) in [5, 5.41) is 1.33. The average molecular weight is 440 g/mol. The van der Waals surface area contributed by atoms with Gasteiger partial charge in [0.05, 0.1) is 18.3 Å². The molecule has 3 nitrogen and oxygen atoms in total. The van der Waals surface area contributed by atoms with E-state index >= 15 is 0 Å². The van der Waals surface area contributed by atoms with Crippen LogP contribution in [0.25, 0.3) is 11.1 Å². The number of ether oxygens (including phenoxy) is 2. The molecule has 3 aromatic rings. The zero-order chi connectivity index (χ0) is 20.6. The average Bonchev–Trinajstić information content (AvgIpc) is 3.55. The van der Waals surface area contributed by atoms with Gasteiger partial charge in [-0.15, -0.1) is 0 Å². The monoisotopic (exact) mass is 439 g/mol. The van der Waals surface area contributed by atoms with E-state index in [9.17, 15) is 0 Å². The maximum Gasteiger partial charge on any atom is 0.127 e. The number of para-hydroxylation sites is 1. The van der Waals surface area contributed by atoms with E-state index in [4.69, 9.17) is 32.7 Å². The minimum Gasteiger partial charge on any atom is -0.490 e. The molecule has 0 radical (unpaired) electrons. The number of rotatable bonds is 7. The molecule has 2 aliphatic rings. The number of hydrogen-bond donors (Lipinski definition) is 0. The highest BCUT2D eigenvalue weighted by atomic mass is 35.5. The highest BCUT2D eigenvalue weighted by molar-refractivity contribution is 6.33. The summed E-state index contributed by atoms with van der Waals surface area (Å²) in [6, 6.07) is 15.8. The molecule has 0 saturated heterocycles. The summed E-state index contributed by atoms with van der Waals surface area (Å²) in [7, 11) is 0. The Bertz CT molecular complexity index is 1060. The minimum absolute atomic E-state index is 0.343. The molecule has 30 heavy (non-hydrogen) atoms. The molecule has 0 unspecified atom stereocenters. The summed E-state index contributed by atoms with van der Waals surface area (Å²) in [4.78, 5) is 4.44. The standard InChI is InChI=1S/C25H23Cl2NO2/c26-18-6-9-23(27)17(14-18)16-29-25(11-3-12-25)22-15-28-13-10-20(22)21-4-1-2-5-24(21)30-19-7-8-19/h1-2,4-6,9-10,13-15,19H,3,7-8,11-12,16H2. The van der Waals surface area contributed by atoms with Crippen molar-refractivity contribution in [1.82, 2.24) is 4.98 Å². The summed E-state index contributed by atoms with van der Waals surface area (Å²) in [5.41, 5.74) is 3.86. The van der Waals surface area contributed by atoms with Crippen LogP contribution < -0.4 is 4.74 Å². The molecule has 0 atom stereocenters. The number of benzene rings is 2. The summed E-state index contributed by atoms with van der Waals surface area (Å²) < 4.78 is 12.7. The zero-order valence-electron chi connectivity index (χ0n) is 16.6. The van der Waals surface area contributed by atoms with Crippen molar-refractivity contribution in [2.75, 3.05) is 0 Å². The van der Waals surface area contributed by atoms with Gasteiger partial charge in [0.15, 0.2) is 0 Å². The largest absolute Gasteiger partial charge is 0.490 e. The fourth-order valence-electron chi connectivity index (χ4n) is 4.01. The Kier molecular flexibility index (Phi) is 5.44. The lowest BCUT2D eigenvalue weighted by Gasteiger charge is -2.43. The van der Waals surface area contributed by atoms with Crippen LogP contribution in [0.5, 0.6) is 5.75 Å². The first kappa shape index (κ1) is 19.9. The van der Waals surface area contributed by atoms with Crippen molar-refractivity contribution in [3.63, 3.8) is 0 Å². The smallest absolute Gasteiger partial charge is 0.127 e. The van der Waals surface area contributed by atoms with Crippen LogP contribution in [0.4, 0.5) is 0 Å². The predicted octanol–water partition coefficient (Wildman–Crippen LogP) is 7.19. The lowest BCUT2D eigenvalue weighted by atomic mass is 9.73. The van der Waals surface area contributed by atoms with E-state index in [1.165, 1.54) is 0 Å². The molecule has 0 aliphatic heterocycles. The van der Waals surface area contributed by atoms with Gasteiger partial charge in [-0.25, -0.2) is 0 Å². The first-order chi connectivity index (χ1) is 14.6. The van der Waals surface area contributed by atoms with Crippen molar-refractivity contribution in [3.8, 4) is 16.9 Å².